The number of phenolic OH excluding ortho intramolecular Hbond substituents is 2. The van der Waals surface area contributed by atoms with Crippen molar-refractivity contribution >= 4 is 29.7 Å². The zero-order valence-corrected chi connectivity index (χ0v) is 17.5. The maximum Gasteiger partial charge on any atom is 0.409 e. The number of carbonyl (C=O) groups is 3. The van der Waals surface area contributed by atoms with E-state index >= 15 is 0 Å². The van der Waals surface area contributed by atoms with Crippen LogP contribution in [-0.4, -0.2) is 80.3 Å². The summed E-state index contributed by atoms with van der Waals surface area (Å²) in [5.74, 6) is -0.797. The van der Waals surface area contributed by atoms with E-state index in [0.717, 1.165) is 0 Å². The van der Waals surface area contributed by atoms with Crippen molar-refractivity contribution in [2.45, 2.75) is 42.3 Å². The Morgan fingerprint density at radius 2 is 2.00 bits per heavy atom. The second kappa shape index (κ2) is 7.90. The van der Waals surface area contributed by atoms with E-state index in [9.17, 15) is 24.6 Å². The molecule has 3 saturated heterocycles. The second-order valence-corrected chi connectivity index (χ2v) is 10.0. The number of aromatic hydroxyl groups is 2. The molecule has 0 saturated carbocycles. The van der Waals surface area contributed by atoms with Crippen LogP contribution in [0.3, 0.4) is 0 Å². The normalized spacial score (nSPS) is 26.2. The van der Waals surface area contributed by atoms with Crippen LogP contribution in [0, 0.1) is 0 Å². The van der Waals surface area contributed by atoms with Gasteiger partial charge in [0.05, 0.1) is 16.5 Å². The molecular weight excluding hydrogens is 410 g/mol. The summed E-state index contributed by atoms with van der Waals surface area (Å²) < 4.78 is 5.26. The maximum atomic E-state index is 12.4. The number of fused-ring (bicyclic) bond motifs is 1. The largest absolute Gasteiger partial charge is 0.504 e. The number of hydrogen-bond donors (Lipinski definition) is 3. The van der Waals surface area contributed by atoms with Gasteiger partial charge in [0.2, 0.25) is 5.91 Å². The molecule has 3 heterocycles. The third-order valence-corrected chi connectivity index (χ3v) is 7.28. The van der Waals surface area contributed by atoms with Crippen molar-refractivity contribution in [1.82, 2.24) is 15.1 Å². The van der Waals surface area contributed by atoms with Crippen LogP contribution in [0.5, 0.6) is 11.5 Å². The number of ether oxygens (including phenoxy) is 1. The van der Waals surface area contributed by atoms with Crippen LogP contribution in [0.15, 0.2) is 18.2 Å². The number of likely N-dealkylation sites (tertiary alicyclic amines) is 1. The number of nitrogens with zero attached hydrogens (tertiary/aromatic N) is 2. The summed E-state index contributed by atoms with van der Waals surface area (Å²) in [4.78, 5) is 39.8. The van der Waals surface area contributed by atoms with E-state index < -0.39 is 0 Å². The van der Waals surface area contributed by atoms with Crippen LogP contribution in [0.2, 0.25) is 0 Å². The Labute approximate surface area is 178 Å². The first-order valence-corrected chi connectivity index (χ1v) is 10.8. The molecule has 0 aromatic heterocycles. The maximum absolute atomic E-state index is 12.4. The molecule has 3 aliphatic rings. The Bertz CT molecular complexity index is 872. The Balaban J connectivity index is 1.21. The molecule has 9 nitrogen and oxygen atoms in total. The molecule has 1 aromatic rings. The predicted molar refractivity (Wildman–Crippen MR) is 109 cm³/mol. The molecule has 0 radical (unpaired) electrons. The molecule has 10 heteroatoms. The van der Waals surface area contributed by atoms with E-state index in [4.69, 9.17) is 4.74 Å². The van der Waals surface area contributed by atoms with Crippen LogP contribution in [0.1, 0.15) is 36.5 Å². The van der Waals surface area contributed by atoms with Crippen LogP contribution < -0.4 is 5.32 Å². The molecule has 0 bridgehead atoms. The predicted octanol–water partition coefficient (Wildman–Crippen LogP) is 1.49. The third-order valence-electron chi connectivity index (χ3n) is 5.77. The summed E-state index contributed by atoms with van der Waals surface area (Å²) >= 11 is 1.69. The zero-order valence-electron chi connectivity index (χ0n) is 16.7. The van der Waals surface area contributed by atoms with Gasteiger partial charge in [-0.1, -0.05) is 0 Å². The molecule has 0 unspecified atom stereocenters. The Morgan fingerprint density at radius 3 is 2.63 bits per heavy atom. The molecule has 3 N–H and O–H groups in total. The lowest BCUT2D eigenvalue weighted by Crippen LogP contribution is -2.48. The average Bonchev–Trinajstić information content (AvgIpc) is 3.00. The monoisotopic (exact) mass is 435 g/mol. The van der Waals surface area contributed by atoms with Gasteiger partial charge in [-0.15, -0.1) is 11.8 Å². The minimum Gasteiger partial charge on any atom is -0.504 e. The van der Waals surface area contributed by atoms with E-state index in [1.54, 1.807) is 16.7 Å². The van der Waals surface area contributed by atoms with Crippen molar-refractivity contribution in [3.8, 4) is 11.5 Å². The van der Waals surface area contributed by atoms with Gasteiger partial charge in [0, 0.05) is 31.2 Å². The Kier molecular flexibility index (Phi) is 5.44. The molecular formula is C20H25N3O6S. The summed E-state index contributed by atoms with van der Waals surface area (Å²) in [6.07, 6.45) is 1.39. The first-order chi connectivity index (χ1) is 14.2. The van der Waals surface area contributed by atoms with Gasteiger partial charge in [-0.05, 0) is 38.0 Å². The van der Waals surface area contributed by atoms with E-state index in [-0.39, 0.29) is 57.7 Å². The molecule has 3 amide bonds. The van der Waals surface area contributed by atoms with Crippen LogP contribution in [0.4, 0.5) is 4.79 Å². The fourth-order valence-corrected chi connectivity index (χ4v) is 5.51. The van der Waals surface area contributed by atoms with E-state index in [1.807, 2.05) is 11.8 Å². The average molecular weight is 436 g/mol. The highest BCUT2D eigenvalue weighted by molar-refractivity contribution is 8.01. The number of amides is 3. The zero-order chi connectivity index (χ0) is 21.5. The minimum atomic E-state index is -0.370. The lowest BCUT2D eigenvalue weighted by molar-refractivity contribution is -0.140. The van der Waals surface area contributed by atoms with Crippen molar-refractivity contribution in [3.05, 3.63) is 23.8 Å². The highest BCUT2D eigenvalue weighted by Crippen LogP contribution is 2.46. The number of hydrogen-bond acceptors (Lipinski definition) is 7. The van der Waals surface area contributed by atoms with Gasteiger partial charge in [0.1, 0.15) is 6.61 Å². The lowest BCUT2D eigenvalue weighted by atomic mass is 10.0. The van der Waals surface area contributed by atoms with Crippen LogP contribution >= 0.6 is 11.8 Å². The summed E-state index contributed by atoms with van der Waals surface area (Å²) in [5, 5.41) is 22.0. The first kappa shape index (κ1) is 20.6. The topological polar surface area (TPSA) is 119 Å². The van der Waals surface area contributed by atoms with Gasteiger partial charge in [-0.2, -0.15) is 0 Å². The number of thioether (sulfide) groups is 1. The number of nitrogens with one attached hydrogen (secondary N) is 1. The van der Waals surface area contributed by atoms with Crippen molar-refractivity contribution < 1.29 is 29.3 Å². The molecule has 1 aromatic carbocycles. The van der Waals surface area contributed by atoms with E-state index in [1.165, 1.54) is 18.2 Å². The van der Waals surface area contributed by atoms with Crippen molar-refractivity contribution in [1.29, 1.82) is 0 Å². The first-order valence-electron chi connectivity index (χ1n) is 9.96. The quantitative estimate of drug-likeness (QED) is 0.484. The van der Waals surface area contributed by atoms with Gasteiger partial charge < -0.3 is 30.1 Å². The number of phenols is 2. The molecule has 0 spiro atoms. The SMILES string of the molecule is C[C@]1(COC(=O)N2CCC(NC(=O)c3ccc(O)c(O)c3)CC2)CN2C(=O)C[C@H]2S1. The summed E-state index contributed by atoms with van der Waals surface area (Å²) in [5.41, 5.74) is 0.262. The standard InChI is InChI=1S/C20H25N3O6S/c1-20(10-23-16(26)9-17(23)30-20)11-29-19(28)22-6-4-13(5-7-22)21-18(27)12-2-3-14(24)15(25)8-12/h2-3,8,13,17,24-25H,4-7,9-11H2,1H3,(H,21,27)/t17-,20-/m1/s1. The van der Waals surface area contributed by atoms with E-state index in [0.29, 0.717) is 38.9 Å². The summed E-state index contributed by atoms with van der Waals surface area (Å²) in [6.45, 7) is 3.83. The van der Waals surface area contributed by atoms with Gasteiger partial charge >= 0.3 is 6.09 Å². The molecule has 30 heavy (non-hydrogen) atoms. The van der Waals surface area contributed by atoms with Gasteiger partial charge in [-0.25, -0.2) is 4.79 Å². The molecule has 162 valence electrons. The highest BCUT2D eigenvalue weighted by atomic mass is 32.2. The third kappa shape index (κ3) is 4.14. The number of piperidine rings is 1. The van der Waals surface area contributed by atoms with Crippen LogP contribution in [0.25, 0.3) is 0 Å². The molecule has 3 aliphatic heterocycles. The second-order valence-electron chi connectivity index (χ2n) is 8.24. The smallest absolute Gasteiger partial charge is 0.409 e. The van der Waals surface area contributed by atoms with Crippen molar-refractivity contribution in [3.63, 3.8) is 0 Å². The number of benzene rings is 1. The number of carbonyl (C=O) groups excluding carboxylic acids is 3. The fraction of sp³-hybridized carbons (Fsp3) is 0.550. The lowest BCUT2D eigenvalue weighted by Gasteiger charge is -2.33. The minimum absolute atomic E-state index is 0.0881. The number of rotatable bonds is 4. The molecule has 3 fully saturated rings. The van der Waals surface area contributed by atoms with Gasteiger partial charge in [0.15, 0.2) is 11.5 Å². The number of β-lactam (4-membered cyclic amide) rings is 1. The fourth-order valence-electron chi connectivity index (χ4n) is 3.97. The van der Waals surface area contributed by atoms with E-state index in [2.05, 4.69) is 5.32 Å². The highest BCUT2D eigenvalue weighted by Gasteiger charge is 2.51. The van der Waals surface area contributed by atoms with Gasteiger partial charge in [0.25, 0.3) is 5.91 Å². The molecule has 0 aliphatic carbocycles. The van der Waals surface area contributed by atoms with Crippen LogP contribution in [-0.2, 0) is 9.53 Å². The Hall–Kier alpha value is -2.62. The Morgan fingerprint density at radius 1 is 1.27 bits per heavy atom. The molecule has 2 atom stereocenters. The van der Waals surface area contributed by atoms with Crippen molar-refractivity contribution in [2.75, 3.05) is 26.2 Å². The summed E-state index contributed by atoms with van der Waals surface area (Å²) in [7, 11) is 0. The van der Waals surface area contributed by atoms with Gasteiger partial charge in [-0.3, -0.25) is 9.59 Å². The summed E-state index contributed by atoms with van der Waals surface area (Å²) in [6, 6.07) is 3.84. The molecule has 4 rings (SSSR count). The van der Waals surface area contributed by atoms with Crippen molar-refractivity contribution in [2.24, 2.45) is 0 Å².